The lowest BCUT2D eigenvalue weighted by Gasteiger charge is -2.46. The second-order valence-electron chi connectivity index (χ2n) is 12.2. The summed E-state index contributed by atoms with van der Waals surface area (Å²) in [5.41, 5.74) is 1.06. The van der Waals surface area contributed by atoms with Gasteiger partial charge in [0.1, 0.15) is 21.4 Å². The number of benzene rings is 2. The average Bonchev–Trinajstić information content (AvgIpc) is 3.04. The maximum atomic E-state index is 14.9. The number of piperidine rings is 2. The number of hydrogen-bond donors (Lipinski definition) is 1. The van der Waals surface area contributed by atoms with Crippen LogP contribution in [-0.4, -0.2) is 115 Å². The van der Waals surface area contributed by atoms with E-state index in [1.54, 1.807) is 24.5 Å². The van der Waals surface area contributed by atoms with Crippen LogP contribution in [0.25, 0.3) is 10.9 Å². The number of phenolic OH excluding ortho intramolecular Hbond substituents is 1. The minimum atomic E-state index is -4.33. The first-order valence-electron chi connectivity index (χ1n) is 15.6. The van der Waals surface area contributed by atoms with Gasteiger partial charge in [0.15, 0.2) is 0 Å². The highest BCUT2D eigenvalue weighted by atomic mass is 32.2. The minimum absolute atomic E-state index is 0.0870. The summed E-state index contributed by atoms with van der Waals surface area (Å²) in [6, 6.07) is 9.38. The highest BCUT2D eigenvalue weighted by Crippen LogP contribution is 2.39. The predicted octanol–water partition coefficient (Wildman–Crippen LogP) is 3.72. The molecule has 9 nitrogen and oxygen atoms in total. The Bertz CT molecular complexity index is 1630. The molecule has 0 spiro atoms. The Hall–Kier alpha value is -2.64. The third-order valence-electron chi connectivity index (χ3n) is 9.77. The normalized spacial score (nSPS) is 21.2. The van der Waals surface area contributed by atoms with Crippen LogP contribution in [0.3, 0.4) is 0 Å². The zero-order valence-electron chi connectivity index (χ0n) is 25.5. The second kappa shape index (κ2) is 13.0. The van der Waals surface area contributed by atoms with E-state index < -0.39 is 31.3 Å². The van der Waals surface area contributed by atoms with Crippen molar-refractivity contribution in [3.63, 3.8) is 0 Å². The summed E-state index contributed by atoms with van der Waals surface area (Å²) < 4.78 is 55.2. The molecule has 6 rings (SSSR count). The fourth-order valence-corrected chi connectivity index (χ4v) is 9.21. The Morgan fingerprint density at radius 3 is 2.14 bits per heavy atom. The minimum Gasteiger partial charge on any atom is -0.508 e. The van der Waals surface area contributed by atoms with Gasteiger partial charge in [-0.1, -0.05) is 6.92 Å². The molecule has 1 aromatic heterocycles. The molecule has 0 saturated carbocycles. The van der Waals surface area contributed by atoms with Crippen molar-refractivity contribution in [2.75, 3.05) is 70.1 Å². The SMILES string of the molecule is CCN1CCN(C2CCN(C3CCN(c4c(S(=O)(=O)c5ccc(O)cc5F)cnc5ccc(S(C)=O)cc45)CC3)CC2)CC1. The Labute approximate surface area is 262 Å². The molecule has 1 unspecified atom stereocenters. The molecule has 0 bridgehead atoms. The lowest BCUT2D eigenvalue weighted by molar-refractivity contribution is 0.0449. The maximum Gasteiger partial charge on any atom is 0.213 e. The largest absolute Gasteiger partial charge is 0.508 e. The summed E-state index contributed by atoms with van der Waals surface area (Å²) in [4.78, 5) is 14.3. The first kappa shape index (κ1) is 31.3. The number of aromatic nitrogens is 1. The van der Waals surface area contributed by atoms with E-state index in [1.807, 2.05) is 0 Å². The number of phenols is 1. The number of piperazine rings is 1. The molecule has 3 fully saturated rings. The van der Waals surface area contributed by atoms with Crippen LogP contribution < -0.4 is 4.90 Å². The van der Waals surface area contributed by atoms with Crippen molar-refractivity contribution >= 4 is 37.2 Å². The van der Waals surface area contributed by atoms with Crippen LogP contribution in [0.5, 0.6) is 5.75 Å². The molecule has 2 aromatic carbocycles. The van der Waals surface area contributed by atoms with Crippen molar-refractivity contribution in [1.82, 2.24) is 19.7 Å². The number of halogens is 1. The van der Waals surface area contributed by atoms with E-state index in [2.05, 4.69) is 31.5 Å². The van der Waals surface area contributed by atoms with Gasteiger partial charge in [-0.2, -0.15) is 0 Å². The lowest BCUT2D eigenvalue weighted by atomic mass is 9.96. The smallest absolute Gasteiger partial charge is 0.213 e. The summed E-state index contributed by atoms with van der Waals surface area (Å²) in [7, 11) is -5.61. The van der Waals surface area contributed by atoms with E-state index in [9.17, 15) is 22.1 Å². The Kier molecular flexibility index (Phi) is 9.26. The average molecular weight is 644 g/mol. The molecule has 0 aliphatic carbocycles. The predicted molar refractivity (Wildman–Crippen MR) is 171 cm³/mol. The lowest BCUT2D eigenvalue weighted by Crippen LogP contribution is -2.55. The van der Waals surface area contributed by atoms with Crippen LogP contribution in [0.2, 0.25) is 0 Å². The molecule has 3 aliphatic rings. The van der Waals surface area contributed by atoms with Crippen molar-refractivity contribution in [2.24, 2.45) is 0 Å². The van der Waals surface area contributed by atoms with Gasteiger partial charge in [0.25, 0.3) is 0 Å². The summed E-state index contributed by atoms with van der Waals surface area (Å²) >= 11 is 0. The van der Waals surface area contributed by atoms with Gasteiger partial charge in [-0.25, -0.2) is 12.8 Å². The van der Waals surface area contributed by atoms with Crippen LogP contribution >= 0.6 is 0 Å². The van der Waals surface area contributed by atoms with Crippen molar-refractivity contribution < 1.29 is 22.1 Å². The van der Waals surface area contributed by atoms with E-state index in [0.717, 1.165) is 70.8 Å². The number of anilines is 1. The summed E-state index contributed by atoms with van der Waals surface area (Å²) in [5.74, 6) is -1.37. The number of likely N-dealkylation sites (N-methyl/N-ethyl adjacent to an activating group) is 1. The van der Waals surface area contributed by atoms with Gasteiger partial charge in [-0.05, 0) is 75.6 Å². The molecule has 238 valence electrons. The number of pyridine rings is 1. The topological polar surface area (TPSA) is 97.3 Å². The van der Waals surface area contributed by atoms with Gasteiger partial charge in [0.2, 0.25) is 9.84 Å². The summed E-state index contributed by atoms with van der Waals surface area (Å²) in [5, 5.41) is 10.3. The molecule has 3 aliphatic heterocycles. The van der Waals surface area contributed by atoms with Crippen LogP contribution in [-0.2, 0) is 20.6 Å². The number of sulfone groups is 1. The maximum absolute atomic E-state index is 14.9. The van der Waals surface area contributed by atoms with Gasteiger partial charge in [0, 0.05) is 91.0 Å². The molecule has 4 heterocycles. The quantitative estimate of drug-likeness (QED) is 0.413. The van der Waals surface area contributed by atoms with E-state index in [1.165, 1.54) is 25.1 Å². The molecule has 44 heavy (non-hydrogen) atoms. The molecule has 1 atom stereocenters. The molecule has 1 N–H and O–H groups in total. The van der Waals surface area contributed by atoms with Gasteiger partial charge >= 0.3 is 0 Å². The van der Waals surface area contributed by atoms with Crippen molar-refractivity contribution in [1.29, 1.82) is 0 Å². The Balaban J connectivity index is 1.23. The van der Waals surface area contributed by atoms with Crippen molar-refractivity contribution in [2.45, 2.75) is 59.4 Å². The van der Waals surface area contributed by atoms with Crippen LogP contribution in [0.4, 0.5) is 10.1 Å². The number of nitrogens with zero attached hydrogens (tertiary/aromatic N) is 5. The van der Waals surface area contributed by atoms with Gasteiger partial charge < -0.3 is 19.8 Å². The fourth-order valence-electron chi connectivity index (χ4n) is 7.18. The fraction of sp³-hybridized carbons (Fsp3) is 0.531. The number of fused-ring (bicyclic) bond motifs is 1. The molecule has 3 saturated heterocycles. The summed E-state index contributed by atoms with van der Waals surface area (Å²) in [6.45, 7) is 11.4. The first-order valence-corrected chi connectivity index (χ1v) is 18.6. The van der Waals surface area contributed by atoms with Crippen LogP contribution in [0.15, 0.2) is 57.3 Å². The van der Waals surface area contributed by atoms with Gasteiger partial charge in [0.05, 0.1) is 11.2 Å². The van der Waals surface area contributed by atoms with Crippen molar-refractivity contribution in [3.8, 4) is 5.75 Å². The highest BCUT2D eigenvalue weighted by Gasteiger charge is 2.34. The zero-order valence-corrected chi connectivity index (χ0v) is 27.1. The van der Waals surface area contributed by atoms with Gasteiger partial charge in [-0.3, -0.25) is 14.1 Å². The summed E-state index contributed by atoms with van der Waals surface area (Å²) in [6.07, 6.45) is 7.02. The third-order valence-corrected chi connectivity index (χ3v) is 12.5. The van der Waals surface area contributed by atoms with Crippen molar-refractivity contribution in [3.05, 3.63) is 48.4 Å². The molecule has 3 aromatic rings. The highest BCUT2D eigenvalue weighted by molar-refractivity contribution is 7.91. The Morgan fingerprint density at radius 2 is 1.52 bits per heavy atom. The number of aromatic hydroxyl groups is 1. The number of hydrogen-bond acceptors (Lipinski definition) is 9. The van der Waals surface area contributed by atoms with Crippen LogP contribution in [0.1, 0.15) is 32.6 Å². The monoisotopic (exact) mass is 643 g/mol. The zero-order chi connectivity index (χ0) is 31.0. The third kappa shape index (κ3) is 6.24. The molecule has 0 radical (unpaired) electrons. The van der Waals surface area contributed by atoms with E-state index >= 15 is 0 Å². The van der Waals surface area contributed by atoms with Crippen LogP contribution in [0, 0.1) is 5.82 Å². The molecule has 0 amide bonds. The molecular weight excluding hydrogens is 602 g/mol. The Morgan fingerprint density at radius 1 is 0.886 bits per heavy atom. The van der Waals surface area contributed by atoms with E-state index in [0.29, 0.717) is 46.7 Å². The molecular formula is C32H42FN5O4S2. The molecule has 12 heteroatoms. The second-order valence-corrected chi connectivity index (χ2v) is 15.4. The first-order chi connectivity index (χ1) is 21.2. The van der Waals surface area contributed by atoms with Gasteiger partial charge in [-0.15, -0.1) is 0 Å². The standard InChI is InChI=1S/C32H42FN5O4S2/c1-3-35-16-18-37(19-17-35)24-8-12-36(13-9-24)23-10-14-38(15-11-23)32-27-21-26(43(2)40)5-6-29(27)34-22-31(32)44(41,42)30-7-4-25(39)20-28(30)33/h4-7,20-24,39H,3,8-19H2,1-2H3. The number of rotatable bonds is 7. The number of likely N-dealkylation sites (tertiary alicyclic amines) is 1. The van der Waals surface area contributed by atoms with E-state index in [4.69, 9.17) is 0 Å². The van der Waals surface area contributed by atoms with E-state index in [-0.39, 0.29) is 10.6 Å².